The number of hydrogen-bond donors (Lipinski definition) is 0. The summed E-state index contributed by atoms with van der Waals surface area (Å²) in [6.45, 7) is 1.54. The van der Waals surface area contributed by atoms with E-state index in [2.05, 4.69) is 4.98 Å². The van der Waals surface area contributed by atoms with E-state index in [4.69, 9.17) is 11.6 Å². The minimum Gasteiger partial charge on any atom is -0.243 e. The fraction of sp³-hybridized carbons (Fsp3) is 0.286. The van der Waals surface area contributed by atoms with Crippen molar-refractivity contribution in [1.82, 2.24) is 4.98 Å². The third-order valence-corrected chi connectivity index (χ3v) is 2.72. The number of rotatable bonds is 1. The van der Waals surface area contributed by atoms with Crippen molar-refractivity contribution in [3.8, 4) is 0 Å². The van der Waals surface area contributed by atoms with Gasteiger partial charge in [0, 0.05) is 15.3 Å². The van der Waals surface area contributed by atoms with Gasteiger partial charge in [0.2, 0.25) is 0 Å². The summed E-state index contributed by atoms with van der Waals surface area (Å²) in [6.07, 6.45) is -1.14. The van der Waals surface area contributed by atoms with Crippen LogP contribution < -0.4 is 0 Å². The maximum absolute atomic E-state index is 12.4. The molecule has 0 N–H and O–H groups in total. The van der Waals surface area contributed by atoms with Crippen LogP contribution in [0.5, 0.6) is 0 Å². The molecule has 0 spiro atoms. The van der Waals surface area contributed by atoms with Crippen LogP contribution in [0.25, 0.3) is 0 Å². The third-order valence-electron chi connectivity index (χ3n) is 1.48. The smallest absolute Gasteiger partial charge is 0.243 e. The molecule has 0 fully saturated rings. The highest BCUT2D eigenvalue weighted by Crippen LogP contribution is 2.30. The molecule has 1 aromatic rings. The zero-order chi connectivity index (χ0) is 9.30. The highest BCUT2D eigenvalue weighted by molar-refractivity contribution is 14.1. The first-order valence-corrected chi connectivity index (χ1v) is 4.58. The molecule has 1 rings (SSSR count). The normalized spacial score (nSPS) is 10.8. The van der Waals surface area contributed by atoms with Crippen LogP contribution in [0, 0.1) is 10.5 Å². The van der Waals surface area contributed by atoms with Gasteiger partial charge in [0.05, 0.1) is 0 Å². The van der Waals surface area contributed by atoms with E-state index in [1.54, 1.807) is 6.92 Å². The van der Waals surface area contributed by atoms with Gasteiger partial charge in [-0.3, -0.25) is 0 Å². The molecule has 5 heteroatoms. The first-order chi connectivity index (χ1) is 5.54. The van der Waals surface area contributed by atoms with Crippen molar-refractivity contribution in [3.63, 3.8) is 0 Å². The first-order valence-electron chi connectivity index (χ1n) is 3.12. The maximum Gasteiger partial charge on any atom is 0.265 e. The Hall–Kier alpha value is 0.0300. The van der Waals surface area contributed by atoms with E-state index in [1.165, 1.54) is 6.20 Å². The molecule has 0 atom stereocenters. The average molecular weight is 303 g/mol. The number of halogens is 4. The average Bonchev–Trinajstić information content (AvgIpc) is 1.97. The highest BCUT2D eigenvalue weighted by Gasteiger charge is 2.16. The zero-order valence-corrected chi connectivity index (χ0v) is 9.03. The Kier molecular flexibility index (Phi) is 3.22. The Morgan fingerprint density at radius 3 is 2.58 bits per heavy atom. The van der Waals surface area contributed by atoms with E-state index in [1.807, 2.05) is 22.6 Å². The molecule has 1 heterocycles. The Labute approximate surface area is 87.3 Å². The summed E-state index contributed by atoms with van der Waals surface area (Å²) in [6, 6.07) is 0. The monoisotopic (exact) mass is 303 g/mol. The Morgan fingerprint density at radius 1 is 1.58 bits per heavy atom. The summed E-state index contributed by atoms with van der Waals surface area (Å²) in [5.74, 6) is 0. The van der Waals surface area contributed by atoms with Gasteiger partial charge >= 0.3 is 0 Å². The molecule has 0 aliphatic carbocycles. The van der Waals surface area contributed by atoms with Crippen LogP contribution in [0.4, 0.5) is 8.78 Å². The lowest BCUT2D eigenvalue weighted by molar-refractivity contribution is 0.149. The third kappa shape index (κ3) is 1.85. The molecule has 0 amide bonds. The van der Waals surface area contributed by atoms with Gasteiger partial charge in [-0.15, -0.1) is 0 Å². The zero-order valence-electron chi connectivity index (χ0n) is 6.11. The molecule has 0 bridgehead atoms. The molecular formula is C7H5ClF2IN. The Balaban J connectivity index is 3.33. The van der Waals surface area contributed by atoms with Crippen molar-refractivity contribution in [3.05, 3.63) is 26.0 Å². The van der Waals surface area contributed by atoms with Crippen LogP contribution in [-0.2, 0) is 0 Å². The van der Waals surface area contributed by atoms with Gasteiger partial charge in [-0.05, 0) is 35.1 Å². The summed E-state index contributed by atoms with van der Waals surface area (Å²) >= 11 is 7.40. The second-order valence-corrected chi connectivity index (χ2v) is 3.76. The van der Waals surface area contributed by atoms with Crippen molar-refractivity contribution in [1.29, 1.82) is 0 Å². The van der Waals surface area contributed by atoms with E-state index in [-0.39, 0.29) is 10.7 Å². The number of hydrogen-bond acceptors (Lipinski definition) is 1. The minimum absolute atomic E-state index is 0.0180. The number of alkyl halides is 2. The lowest BCUT2D eigenvalue weighted by Gasteiger charge is -2.07. The van der Waals surface area contributed by atoms with Gasteiger partial charge in [-0.2, -0.15) is 0 Å². The Bertz CT molecular complexity index is 304. The van der Waals surface area contributed by atoms with Crippen LogP contribution in [0.1, 0.15) is 17.6 Å². The van der Waals surface area contributed by atoms with Crippen LogP contribution in [0.2, 0.25) is 5.15 Å². The first kappa shape index (κ1) is 10.1. The van der Waals surface area contributed by atoms with Gasteiger partial charge in [-0.25, -0.2) is 13.8 Å². The summed E-state index contributed by atoms with van der Waals surface area (Å²) in [7, 11) is 0. The molecule has 1 nitrogen and oxygen atoms in total. The molecule has 12 heavy (non-hydrogen) atoms. The standard InChI is InChI=1S/C7H5ClF2IN/c1-3-5(7(9)10)4(11)2-12-6(3)8/h2,7H,1H3. The van der Waals surface area contributed by atoms with E-state index in [0.29, 0.717) is 9.13 Å². The molecule has 0 unspecified atom stereocenters. The van der Waals surface area contributed by atoms with Crippen LogP contribution >= 0.6 is 34.2 Å². The van der Waals surface area contributed by atoms with Crippen molar-refractivity contribution in [2.45, 2.75) is 13.3 Å². The second-order valence-electron chi connectivity index (χ2n) is 2.24. The topological polar surface area (TPSA) is 12.9 Å². The molecule has 0 aromatic carbocycles. The molecule has 1 aromatic heterocycles. The van der Waals surface area contributed by atoms with Crippen molar-refractivity contribution in [2.75, 3.05) is 0 Å². The fourth-order valence-corrected chi connectivity index (χ4v) is 1.77. The predicted octanol–water partition coefficient (Wildman–Crippen LogP) is 3.59. The number of nitrogens with zero attached hydrogens (tertiary/aromatic N) is 1. The van der Waals surface area contributed by atoms with E-state index in [9.17, 15) is 8.78 Å². The van der Waals surface area contributed by atoms with E-state index in [0.717, 1.165) is 0 Å². The predicted molar refractivity (Wildman–Crippen MR) is 51.7 cm³/mol. The number of aromatic nitrogens is 1. The summed E-state index contributed by atoms with van der Waals surface area (Å²) in [5.41, 5.74) is 0.342. The molecule has 0 aliphatic heterocycles. The van der Waals surface area contributed by atoms with Crippen molar-refractivity contribution in [2.24, 2.45) is 0 Å². The van der Waals surface area contributed by atoms with Gasteiger partial charge in [0.1, 0.15) is 5.15 Å². The van der Waals surface area contributed by atoms with Crippen molar-refractivity contribution >= 4 is 34.2 Å². The van der Waals surface area contributed by atoms with Crippen LogP contribution in [0.15, 0.2) is 6.20 Å². The Morgan fingerprint density at radius 2 is 2.17 bits per heavy atom. The van der Waals surface area contributed by atoms with E-state index < -0.39 is 6.43 Å². The van der Waals surface area contributed by atoms with Gasteiger partial charge < -0.3 is 0 Å². The summed E-state index contributed by atoms with van der Waals surface area (Å²) in [4.78, 5) is 3.75. The number of pyridine rings is 1. The van der Waals surface area contributed by atoms with Crippen LogP contribution in [0.3, 0.4) is 0 Å². The minimum atomic E-state index is -2.49. The van der Waals surface area contributed by atoms with Gasteiger partial charge in [-0.1, -0.05) is 11.6 Å². The highest BCUT2D eigenvalue weighted by atomic mass is 127. The largest absolute Gasteiger partial charge is 0.265 e. The fourth-order valence-electron chi connectivity index (χ4n) is 0.838. The molecule has 0 saturated heterocycles. The SMILES string of the molecule is Cc1c(Cl)ncc(I)c1C(F)F. The van der Waals surface area contributed by atoms with E-state index >= 15 is 0 Å². The molecule has 66 valence electrons. The van der Waals surface area contributed by atoms with Gasteiger partial charge in [0.15, 0.2) is 0 Å². The van der Waals surface area contributed by atoms with Gasteiger partial charge in [0.25, 0.3) is 6.43 Å². The molecule has 0 saturated carbocycles. The summed E-state index contributed by atoms with van der Waals surface area (Å²) in [5, 5.41) is 0.144. The maximum atomic E-state index is 12.4. The van der Waals surface area contributed by atoms with Crippen LogP contribution in [-0.4, -0.2) is 4.98 Å². The second kappa shape index (κ2) is 3.83. The lowest BCUT2D eigenvalue weighted by Crippen LogP contribution is -1.96. The van der Waals surface area contributed by atoms with Crippen molar-refractivity contribution < 1.29 is 8.78 Å². The lowest BCUT2D eigenvalue weighted by atomic mass is 10.2. The molecule has 0 radical (unpaired) electrons. The summed E-state index contributed by atoms with van der Waals surface area (Å²) < 4.78 is 25.2. The quantitative estimate of drug-likeness (QED) is 0.571. The molecule has 0 aliphatic rings. The molecular weight excluding hydrogens is 298 g/mol.